The zero-order chi connectivity index (χ0) is 10.8. The number of carboxylic acid groups (broad SMARTS) is 1. The fraction of sp³-hybridized carbons (Fsp3) is 0.636. The van der Waals surface area contributed by atoms with Crippen LogP contribution in [0.1, 0.15) is 32.1 Å². The zero-order valence-corrected chi connectivity index (χ0v) is 8.61. The average Bonchev–Trinajstić information content (AvgIpc) is 2.78. The van der Waals surface area contributed by atoms with Gasteiger partial charge in [-0.1, -0.05) is 11.6 Å². The number of likely N-dealkylation sites (tertiary alicyclic amines) is 1. The third-order valence-corrected chi connectivity index (χ3v) is 3.12. The van der Waals surface area contributed by atoms with Crippen molar-refractivity contribution in [1.82, 2.24) is 4.90 Å². The molecule has 1 unspecified atom stereocenters. The van der Waals surface area contributed by atoms with Gasteiger partial charge in [0.25, 0.3) is 0 Å². The predicted molar refractivity (Wildman–Crippen MR) is 54.3 cm³/mol. The van der Waals surface area contributed by atoms with Crippen molar-refractivity contribution in [2.45, 2.75) is 38.1 Å². The fourth-order valence-electron chi connectivity index (χ4n) is 2.29. The highest BCUT2D eigenvalue weighted by molar-refractivity contribution is 5.87. The molecule has 0 aromatic carbocycles. The summed E-state index contributed by atoms with van der Waals surface area (Å²) in [6, 6.07) is -0.598. The summed E-state index contributed by atoms with van der Waals surface area (Å²) in [5.41, 5.74) is 1.22. The van der Waals surface area contributed by atoms with Gasteiger partial charge in [0.1, 0.15) is 6.04 Å². The summed E-state index contributed by atoms with van der Waals surface area (Å²) >= 11 is 0. The zero-order valence-electron chi connectivity index (χ0n) is 8.61. The lowest BCUT2D eigenvalue weighted by Crippen LogP contribution is -2.39. The second-order valence-electron chi connectivity index (χ2n) is 4.17. The maximum Gasteiger partial charge on any atom is 0.326 e. The summed E-state index contributed by atoms with van der Waals surface area (Å²) in [4.78, 5) is 23.9. The van der Waals surface area contributed by atoms with Gasteiger partial charge in [0.05, 0.1) is 0 Å². The van der Waals surface area contributed by atoms with E-state index < -0.39 is 12.0 Å². The van der Waals surface area contributed by atoms with E-state index in [-0.39, 0.29) is 5.91 Å². The first-order valence-electron chi connectivity index (χ1n) is 5.38. The van der Waals surface area contributed by atoms with Gasteiger partial charge in [-0.15, -0.1) is 0 Å². The summed E-state index contributed by atoms with van der Waals surface area (Å²) in [5, 5.41) is 8.96. The summed E-state index contributed by atoms with van der Waals surface area (Å²) < 4.78 is 0. The molecule has 4 nitrogen and oxygen atoms in total. The Morgan fingerprint density at radius 1 is 1.53 bits per heavy atom. The molecule has 1 aliphatic carbocycles. The van der Waals surface area contributed by atoms with Gasteiger partial charge < -0.3 is 10.0 Å². The molecule has 2 rings (SSSR count). The van der Waals surface area contributed by atoms with Gasteiger partial charge in [-0.2, -0.15) is 0 Å². The number of amides is 1. The van der Waals surface area contributed by atoms with Crippen LogP contribution < -0.4 is 0 Å². The number of carboxylic acids is 1. The molecule has 0 aromatic rings. The molecule has 2 aliphatic rings. The lowest BCUT2D eigenvalue weighted by molar-refractivity contribution is -0.145. The van der Waals surface area contributed by atoms with Crippen LogP contribution in [-0.2, 0) is 9.59 Å². The molecule has 0 bridgehead atoms. The minimum absolute atomic E-state index is 0.0183. The maximum atomic E-state index is 11.5. The van der Waals surface area contributed by atoms with Crippen LogP contribution in [-0.4, -0.2) is 34.5 Å². The van der Waals surface area contributed by atoms with Crippen molar-refractivity contribution < 1.29 is 14.7 Å². The van der Waals surface area contributed by atoms with Gasteiger partial charge in [-0.3, -0.25) is 4.79 Å². The number of hydrogen-bond donors (Lipinski definition) is 1. The predicted octanol–water partition coefficient (Wildman–Crippen LogP) is 1.17. The normalized spacial score (nSPS) is 25.9. The largest absolute Gasteiger partial charge is 0.480 e. The van der Waals surface area contributed by atoms with E-state index in [0.717, 1.165) is 19.3 Å². The van der Waals surface area contributed by atoms with Gasteiger partial charge >= 0.3 is 5.97 Å². The smallest absolute Gasteiger partial charge is 0.326 e. The van der Waals surface area contributed by atoms with E-state index in [2.05, 4.69) is 6.08 Å². The number of allylic oxidation sites excluding steroid dienone is 1. The van der Waals surface area contributed by atoms with Crippen LogP contribution in [0.15, 0.2) is 11.6 Å². The van der Waals surface area contributed by atoms with E-state index >= 15 is 0 Å². The lowest BCUT2D eigenvalue weighted by Gasteiger charge is -2.22. The van der Waals surface area contributed by atoms with Gasteiger partial charge in [0.2, 0.25) is 5.91 Å². The molecule has 4 heteroatoms. The molecule has 1 atom stereocenters. The first-order chi connectivity index (χ1) is 7.18. The monoisotopic (exact) mass is 209 g/mol. The van der Waals surface area contributed by atoms with E-state index in [1.54, 1.807) is 0 Å². The Kier molecular flexibility index (Phi) is 2.75. The highest BCUT2D eigenvalue weighted by Gasteiger charge is 2.36. The molecule has 1 aliphatic heterocycles. The van der Waals surface area contributed by atoms with Crippen LogP contribution in [0.3, 0.4) is 0 Å². The Labute approximate surface area is 88.6 Å². The Morgan fingerprint density at radius 3 is 2.93 bits per heavy atom. The molecule has 15 heavy (non-hydrogen) atoms. The van der Waals surface area contributed by atoms with E-state index in [1.807, 2.05) is 0 Å². The van der Waals surface area contributed by atoms with Crippen molar-refractivity contribution in [3.8, 4) is 0 Å². The molecule has 1 saturated heterocycles. The van der Waals surface area contributed by atoms with Crippen molar-refractivity contribution in [3.63, 3.8) is 0 Å². The quantitative estimate of drug-likeness (QED) is 0.710. The molecule has 1 fully saturated rings. The SMILES string of the molecule is O=C(O)C1CCC(=O)N1CC1=CCCC1. The van der Waals surface area contributed by atoms with Crippen molar-refractivity contribution in [3.05, 3.63) is 11.6 Å². The Morgan fingerprint density at radius 2 is 2.33 bits per heavy atom. The van der Waals surface area contributed by atoms with Crippen LogP contribution in [0.5, 0.6) is 0 Å². The fourth-order valence-corrected chi connectivity index (χ4v) is 2.29. The van der Waals surface area contributed by atoms with Gasteiger partial charge in [0.15, 0.2) is 0 Å². The summed E-state index contributed by atoms with van der Waals surface area (Å²) in [6.07, 6.45) is 6.18. The molecular formula is C11H15NO3. The maximum absolute atomic E-state index is 11.5. The highest BCUT2D eigenvalue weighted by Crippen LogP contribution is 2.24. The highest BCUT2D eigenvalue weighted by atomic mass is 16.4. The van der Waals surface area contributed by atoms with Gasteiger partial charge in [-0.25, -0.2) is 4.79 Å². The molecule has 0 spiro atoms. The number of rotatable bonds is 3. The molecule has 82 valence electrons. The summed E-state index contributed by atoms with van der Waals surface area (Å²) in [7, 11) is 0. The van der Waals surface area contributed by atoms with E-state index in [1.165, 1.54) is 10.5 Å². The van der Waals surface area contributed by atoms with Crippen LogP contribution in [0.2, 0.25) is 0 Å². The van der Waals surface area contributed by atoms with Crippen molar-refractivity contribution in [2.24, 2.45) is 0 Å². The number of hydrogen-bond acceptors (Lipinski definition) is 2. The second kappa shape index (κ2) is 4.04. The number of aliphatic carboxylic acids is 1. The van der Waals surface area contributed by atoms with Crippen LogP contribution in [0, 0.1) is 0 Å². The topological polar surface area (TPSA) is 57.6 Å². The Balaban J connectivity index is 2.04. The molecule has 0 aromatic heterocycles. The average molecular weight is 209 g/mol. The van der Waals surface area contributed by atoms with E-state index in [9.17, 15) is 9.59 Å². The van der Waals surface area contributed by atoms with Gasteiger partial charge in [0, 0.05) is 13.0 Å². The van der Waals surface area contributed by atoms with Crippen molar-refractivity contribution in [1.29, 1.82) is 0 Å². The van der Waals surface area contributed by atoms with E-state index in [0.29, 0.717) is 19.4 Å². The first kappa shape index (κ1) is 10.2. The van der Waals surface area contributed by atoms with E-state index in [4.69, 9.17) is 5.11 Å². The third kappa shape index (κ3) is 2.03. The summed E-state index contributed by atoms with van der Waals surface area (Å²) in [5.74, 6) is -0.894. The Bertz CT molecular complexity index is 322. The van der Waals surface area contributed by atoms with Crippen LogP contribution in [0.25, 0.3) is 0 Å². The molecule has 1 heterocycles. The van der Waals surface area contributed by atoms with Crippen molar-refractivity contribution >= 4 is 11.9 Å². The molecule has 0 saturated carbocycles. The number of nitrogens with zero attached hydrogens (tertiary/aromatic N) is 1. The lowest BCUT2D eigenvalue weighted by atomic mass is 10.2. The Hall–Kier alpha value is -1.32. The van der Waals surface area contributed by atoms with Gasteiger partial charge in [-0.05, 0) is 25.7 Å². The van der Waals surface area contributed by atoms with Crippen molar-refractivity contribution in [2.75, 3.05) is 6.54 Å². The number of carbonyl (C=O) groups is 2. The first-order valence-corrected chi connectivity index (χ1v) is 5.38. The molecule has 0 radical (unpaired) electrons. The standard InChI is InChI=1S/C11H15NO3/c13-10-6-5-9(11(14)15)12(10)7-8-3-1-2-4-8/h3,9H,1-2,4-7H2,(H,14,15). The van der Waals surface area contributed by atoms with Crippen LogP contribution >= 0.6 is 0 Å². The second-order valence-corrected chi connectivity index (χ2v) is 4.17. The minimum Gasteiger partial charge on any atom is -0.480 e. The minimum atomic E-state index is -0.876. The summed E-state index contributed by atoms with van der Waals surface area (Å²) in [6.45, 7) is 0.524. The molecule has 1 N–H and O–H groups in total. The third-order valence-electron chi connectivity index (χ3n) is 3.12. The molecular weight excluding hydrogens is 194 g/mol. The molecule has 1 amide bonds. The number of carbonyl (C=O) groups excluding carboxylic acids is 1. The van der Waals surface area contributed by atoms with Crippen LogP contribution in [0.4, 0.5) is 0 Å².